The second-order valence-corrected chi connectivity index (χ2v) is 4.95. The van der Waals surface area contributed by atoms with E-state index in [-0.39, 0.29) is 18.2 Å². The summed E-state index contributed by atoms with van der Waals surface area (Å²) >= 11 is 0. The Morgan fingerprint density at radius 1 is 1.36 bits per heavy atom. The van der Waals surface area contributed by atoms with Crippen LogP contribution in [0.4, 0.5) is 18.0 Å². The molecule has 8 heteroatoms. The number of nitrogens with one attached hydrogen (secondary N) is 1. The van der Waals surface area contributed by atoms with E-state index < -0.39 is 23.7 Å². The molecule has 1 saturated heterocycles. The number of hydrogen-bond donors (Lipinski definition) is 1. The molecule has 2 rings (SSSR count). The third-order valence-electron chi connectivity index (χ3n) is 3.41. The van der Waals surface area contributed by atoms with Crippen LogP contribution in [0.15, 0.2) is 24.3 Å². The summed E-state index contributed by atoms with van der Waals surface area (Å²) in [6.07, 6.45) is -4.46. The first kappa shape index (κ1) is 16.1. The molecule has 1 aromatic carbocycles. The van der Waals surface area contributed by atoms with Crippen molar-refractivity contribution in [3.05, 3.63) is 35.4 Å². The van der Waals surface area contributed by atoms with Gasteiger partial charge in [0, 0.05) is 24.7 Å². The molecular formula is C14H15F3N2O3. The molecule has 1 aliphatic heterocycles. The number of amides is 2. The van der Waals surface area contributed by atoms with Gasteiger partial charge in [-0.25, -0.2) is 4.79 Å². The van der Waals surface area contributed by atoms with Crippen molar-refractivity contribution in [2.75, 3.05) is 20.2 Å². The Morgan fingerprint density at radius 3 is 2.73 bits per heavy atom. The summed E-state index contributed by atoms with van der Waals surface area (Å²) in [5, 5.41) is 2.63. The second kappa shape index (κ2) is 6.25. The summed E-state index contributed by atoms with van der Waals surface area (Å²) in [5.41, 5.74) is -0.936. The Kier molecular flexibility index (Phi) is 4.58. The van der Waals surface area contributed by atoms with Gasteiger partial charge in [0.05, 0.1) is 12.7 Å². The van der Waals surface area contributed by atoms with Crippen LogP contribution in [-0.4, -0.2) is 43.1 Å². The molecule has 120 valence electrons. The van der Waals surface area contributed by atoms with Gasteiger partial charge in [-0.1, -0.05) is 6.07 Å². The lowest BCUT2D eigenvalue weighted by molar-refractivity contribution is -0.137. The van der Waals surface area contributed by atoms with Crippen molar-refractivity contribution < 1.29 is 27.5 Å². The van der Waals surface area contributed by atoms with Gasteiger partial charge in [-0.05, 0) is 24.6 Å². The number of rotatable bonds is 2. The summed E-state index contributed by atoms with van der Waals surface area (Å²) in [5.74, 6) is -0.595. The standard InChI is InChI=1S/C14H15F3N2O3/c1-22-13(21)19-6-5-11(8-19)18-12(20)9-3-2-4-10(7-9)14(15,16)17/h2-4,7,11H,5-6,8H2,1H3,(H,18,20)/t11-/m0/s1. The highest BCUT2D eigenvalue weighted by Crippen LogP contribution is 2.29. The van der Waals surface area contributed by atoms with Crippen LogP contribution in [0.25, 0.3) is 0 Å². The Labute approximate surface area is 125 Å². The van der Waals surface area contributed by atoms with Crippen LogP contribution in [0.5, 0.6) is 0 Å². The van der Waals surface area contributed by atoms with Crippen LogP contribution in [-0.2, 0) is 10.9 Å². The molecule has 1 heterocycles. The number of carbonyl (C=O) groups is 2. The van der Waals surface area contributed by atoms with Crippen LogP contribution in [0.3, 0.4) is 0 Å². The predicted octanol–water partition coefficient (Wildman–Crippen LogP) is 2.28. The van der Waals surface area contributed by atoms with Crippen LogP contribution < -0.4 is 5.32 Å². The molecule has 0 bridgehead atoms. The monoisotopic (exact) mass is 316 g/mol. The molecule has 0 spiro atoms. The average Bonchev–Trinajstić information content (AvgIpc) is 2.94. The molecule has 0 aromatic heterocycles. The summed E-state index contributed by atoms with van der Waals surface area (Å²) in [6, 6.07) is 3.92. The third kappa shape index (κ3) is 3.69. The lowest BCUT2D eigenvalue weighted by atomic mass is 10.1. The Morgan fingerprint density at radius 2 is 2.09 bits per heavy atom. The number of hydrogen-bond acceptors (Lipinski definition) is 3. The van der Waals surface area contributed by atoms with Gasteiger partial charge in [0.1, 0.15) is 0 Å². The van der Waals surface area contributed by atoms with Gasteiger partial charge in [0.2, 0.25) is 0 Å². The highest BCUT2D eigenvalue weighted by molar-refractivity contribution is 5.94. The molecule has 0 radical (unpaired) electrons. The van der Waals surface area contributed by atoms with Crippen molar-refractivity contribution >= 4 is 12.0 Å². The SMILES string of the molecule is COC(=O)N1CC[C@H](NC(=O)c2cccc(C(F)(F)F)c2)C1. The van der Waals surface area contributed by atoms with E-state index >= 15 is 0 Å². The zero-order valence-electron chi connectivity index (χ0n) is 11.8. The zero-order valence-corrected chi connectivity index (χ0v) is 11.8. The van der Waals surface area contributed by atoms with Crippen molar-refractivity contribution in [3.8, 4) is 0 Å². The van der Waals surface area contributed by atoms with Crippen LogP contribution >= 0.6 is 0 Å². The number of benzene rings is 1. The number of ether oxygens (including phenoxy) is 1. The molecular weight excluding hydrogens is 301 g/mol. The van der Waals surface area contributed by atoms with Gasteiger partial charge in [0.15, 0.2) is 0 Å². The fourth-order valence-electron chi connectivity index (χ4n) is 2.28. The van der Waals surface area contributed by atoms with Gasteiger partial charge in [0.25, 0.3) is 5.91 Å². The molecule has 1 fully saturated rings. The maximum absolute atomic E-state index is 12.6. The molecule has 2 amide bonds. The fraction of sp³-hybridized carbons (Fsp3) is 0.429. The minimum Gasteiger partial charge on any atom is -0.453 e. The maximum atomic E-state index is 12.6. The summed E-state index contributed by atoms with van der Waals surface area (Å²) in [6.45, 7) is 0.706. The first-order valence-electron chi connectivity index (χ1n) is 6.62. The van der Waals surface area contributed by atoms with Crippen LogP contribution in [0.2, 0.25) is 0 Å². The molecule has 0 unspecified atom stereocenters. The van der Waals surface area contributed by atoms with E-state index in [1.165, 1.54) is 24.1 Å². The number of nitrogens with zero attached hydrogens (tertiary/aromatic N) is 1. The lowest BCUT2D eigenvalue weighted by Crippen LogP contribution is -2.38. The van der Waals surface area contributed by atoms with Crippen LogP contribution in [0, 0.1) is 0 Å². The van der Waals surface area contributed by atoms with E-state index in [1.807, 2.05) is 0 Å². The van der Waals surface area contributed by atoms with E-state index in [1.54, 1.807) is 0 Å². The highest BCUT2D eigenvalue weighted by Gasteiger charge is 2.32. The molecule has 1 aromatic rings. The number of carbonyl (C=O) groups excluding carboxylic acids is 2. The largest absolute Gasteiger partial charge is 0.453 e. The van der Waals surface area contributed by atoms with Crippen molar-refractivity contribution in [2.24, 2.45) is 0 Å². The molecule has 1 N–H and O–H groups in total. The van der Waals surface area contributed by atoms with Gasteiger partial charge in [-0.2, -0.15) is 13.2 Å². The van der Waals surface area contributed by atoms with Crippen molar-refractivity contribution in [1.82, 2.24) is 10.2 Å². The summed E-state index contributed by atoms with van der Waals surface area (Å²) in [7, 11) is 1.26. The number of alkyl halides is 3. The Bertz CT molecular complexity index is 575. The van der Waals surface area contributed by atoms with Gasteiger partial charge >= 0.3 is 12.3 Å². The van der Waals surface area contributed by atoms with E-state index in [9.17, 15) is 22.8 Å². The topological polar surface area (TPSA) is 58.6 Å². The van der Waals surface area contributed by atoms with Crippen LogP contribution in [0.1, 0.15) is 22.3 Å². The fourth-order valence-corrected chi connectivity index (χ4v) is 2.28. The molecule has 5 nitrogen and oxygen atoms in total. The summed E-state index contributed by atoms with van der Waals surface area (Å²) < 4.78 is 42.5. The Balaban J connectivity index is 2.00. The molecule has 22 heavy (non-hydrogen) atoms. The third-order valence-corrected chi connectivity index (χ3v) is 3.41. The van der Waals surface area contributed by atoms with Gasteiger partial charge in [-0.3, -0.25) is 4.79 Å². The number of likely N-dealkylation sites (tertiary alicyclic amines) is 1. The lowest BCUT2D eigenvalue weighted by Gasteiger charge is -2.16. The molecule has 0 saturated carbocycles. The number of halogens is 3. The van der Waals surface area contributed by atoms with Crippen molar-refractivity contribution in [2.45, 2.75) is 18.6 Å². The highest BCUT2D eigenvalue weighted by atomic mass is 19.4. The van der Waals surface area contributed by atoms with E-state index in [2.05, 4.69) is 10.1 Å². The smallest absolute Gasteiger partial charge is 0.416 e. The minimum absolute atomic E-state index is 0.0636. The van der Waals surface area contributed by atoms with Gasteiger partial charge in [-0.15, -0.1) is 0 Å². The number of methoxy groups -OCH3 is 1. The molecule has 1 atom stereocenters. The summed E-state index contributed by atoms with van der Waals surface area (Å²) in [4.78, 5) is 24.8. The quantitative estimate of drug-likeness (QED) is 0.910. The van der Waals surface area contributed by atoms with E-state index in [0.29, 0.717) is 13.0 Å². The first-order valence-corrected chi connectivity index (χ1v) is 6.62. The van der Waals surface area contributed by atoms with Crippen molar-refractivity contribution in [3.63, 3.8) is 0 Å². The zero-order chi connectivity index (χ0) is 16.3. The molecule has 1 aliphatic rings. The average molecular weight is 316 g/mol. The molecule has 0 aliphatic carbocycles. The van der Waals surface area contributed by atoms with E-state index in [4.69, 9.17) is 0 Å². The Hall–Kier alpha value is -2.25. The van der Waals surface area contributed by atoms with Gasteiger partial charge < -0.3 is 15.0 Å². The first-order chi connectivity index (χ1) is 10.3. The van der Waals surface area contributed by atoms with E-state index in [0.717, 1.165) is 12.1 Å². The van der Waals surface area contributed by atoms with Crippen molar-refractivity contribution in [1.29, 1.82) is 0 Å². The minimum atomic E-state index is -4.49. The maximum Gasteiger partial charge on any atom is 0.416 e. The predicted molar refractivity (Wildman–Crippen MR) is 71.3 cm³/mol. The normalized spacial score (nSPS) is 18.2. The second-order valence-electron chi connectivity index (χ2n) is 4.95.